The summed E-state index contributed by atoms with van der Waals surface area (Å²) >= 11 is 0. The van der Waals surface area contributed by atoms with Crippen LogP contribution in [0.15, 0.2) is 23.3 Å². The van der Waals surface area contributed by atoms with E-state index in [1.807, 2.05) is 19.9 Å². The average Bonchev–Trinajstić information content (AvgIpc) is 2.78. The van der Waals surface area contributed by atoms with Crippen LogP contribution in [0.5, 0.6) is 0 Å². The molecule has 0 bridgehead atoms. The number of carboxylic acid groups (broad SMARTS) is 1. The van der Waals surface area contributed by atoms with Gasteiger partial charge in [0.1, 0.15) is 6.07 Å². The van der Waals surface area contributed by atoms with Gasteiger partial charge in [-0.15, -0.1) is 0 Å². The van der Waals surface area contributed by atoms with Gasteiger partial charge in [0.15, 0.2) is 11.6 Å². The van der Waals surface area contributed by atoms with Gasteiger partial charge in [0.2, 0.25) is 0 Å². The van der Waals surface area contributed by atoms with Gasteiger partial charge in [0.05, 0.1) is 11.0 Å². The Labute approximate surface area is 222 Å². The van der Waals surface area contributed by atoms with Gasteiger partial charge in [0, 0.05) is 10.8 Å². The largest absolute Gasteiger partial charge is 0.481 e. The molecule has 4 rings (SSSR count). The molecule has 0 radical (unpaired) electrons. The molecule has 0 saturated heterocycles. The molecule has 5 heteroatoms. The highest BCUT2D eigenvalue weighted by molar-refractivity contribution is 6.04. The molecular formula is C32H45NO4. The summed E-state index contributed by atoms with van der Waals surface area (Å²) in [6.07, 6.45) is 10.1. The number of carbonyl (C=O) groups is 3. The van der Waals surface area contributed by atoms with Gasteiger partial charge in [-0.25, -0.2) is 0 Å². The van der Waals surface area contributed by atoms with Crippen molar-refractivity contribution in [1.82, 2.24) is 0 Å². The zero-order chi connectivity index (χ0) is 27.8. The van der Waals surface area contributed by atoms with Gasteiger partial charge in [-0.05, 0) is 92.4 Å². The molecule has 0 aromatic rings. The molecule has 0 amide bonds. The van der Waals surface area contributed by atoms with Gasteiger partial charge < -0.3 is 5.11 Å². The summed E-state index contributed by atoms with van der Waals surface area (Å²) in [5, 5.41) is 20.3. The van der Waals surface area contributed by atoms with Crippen LogP contribution in [0.25, 0.3) is 0 Å². The predicted octanol–water partition coefficient (Wildman–Crippen LogP) is 7.07. The number of carbonyl (C=O) groups excluding carboxylic acids is 2. The topological polar surface area (TPSA) is 95.2 Å². The van der Waals surface area contributed by atoms with Gasteiger partial charge >= 0.3 is 5.97 Å². The van der Waals surface area contributed by atoms with Gasteiger partial charge in [-0.3, -0.25) is 14.4 Å². The Morgan fingerprint density at radius 3 is 2.19 bits per heavy atom. The first kappa shape index (κ1) is 27.8. The molecule has 0 aromatic heterocycles. The lowest BCUT2D eigenvalue weighted by Crippen LogP contribution is -2.59. The predicted molar refractivity (Wildman–Crippen MR) is 143 cm³/mol. The number of nitriles is 1. The Kier molecular flexibility index (Phi) is 6.30. The second kappa shape index (κ2) is 8.39. The molecule has 3 fully saturated rings. The summed E-state index contributed by atoms with van der Waals surface area (Å²) < 4.78 is 0. The van der Waals surface area contributed by atoms with Crippen molar-refractivity contribution in [3.63, 3.8) is 0 Å². The first-order chi connectivity index (χ1) is 16.9. The normalized spacial score (nSPS) is 43.7. The monoisotopic (exact) mass is 507 g/mol. The molecule has 0 aliphatic heterocycles. The smallest absolute Gasteiger partial charge is 0.309 e. The van der Waals surface area contributed by atoms with Crippen LogP contribution < -0.4 is 0 Å². The molecule has 37 heavy (non-hydrogen) atoms. The van der Waals surface area contributed by atoms with Crippen molar-refractivity contribution in [2.45, 2.75) is 107 Å². The van der Waals surface area contributed by atoms with E-state index in [1.54, 1.807) is 13.0 Å². The molecule has 1 N–H and O–H groups in total. The average molecular weight is 508 g/mol. The maximum atomic E-state index is 13.2. The Bertz CT molecular complexity index is 1150. The number of rotatable bonds is 3. The number of hydrogen-bond acceptors (Lipinski definition) is 4. The molecule has 4 aliphatic rings. The molecule has 202 valence electrons. The second-order valence-electron chi connectivity index (χ2n) is 14.9. The van der Waals surface area contributed by atoms with Crippen LogP contribution in [0.4, 0.5) is 0 Å². The lowest BCUT2D eigenvalue weighted by atomic mass is 9.38. The number of ketones is 2. The van der Waals surface area contributed by atoms with E-state index in [1.165, 1.54) is 0 Å². The van der Waals surface area contributed by atoms with E-state index >= 15 is 0 Å². The van der Waals surface area contributed by atoms with E-state index in [0.717, 1.165) is 50.5 Å². The lowest BCUT2D eigenvalue weighted by Gasteiger charge is -2.65. The van der Waals surface area contributed by atoms with Crippen molar-refractivity contribution >= 4 is 17.5 Å². The lowest BCUT2D eigenvalue weighted by molar-refractivity contribution is -0.170. The van der Waals surface area contributed by atoms with Crippen molar-refractivity contribution in [1.29, 1.82) is 5.26 Å². The molecule has 2 unspecified atom stereocenters. The first-order valence-electron chi connectivity index (χ1n) is 14.0. The van der Waals surface area contributed by atoms with E-state index in [2.05, 4.69) is 40.7 Å². The fraction of sp³-hybridized carbons (Fsp3) is 0.750. The van der Waals surface area contributed by atoms with Crippen LogP contribution in [0.1, 0.15) is 107 Å². The fourth-order valence-corrected chi connectivity index (χ4v) is 9.40. The third-order valence-corrected chi connectivity index (χ3v) is 11.9. The fourth-order valence-electron chi connectivity index (χ4n) is 9.40. The number of nitrogens with zero attached hydrogens (tertiary/aromatic N) is 1. The Morgan fingerprint density at radius 2 is 1.62 bits per heavy atom. The summed E-state index contributed by atoms with van der Waals surface area (Å²) in [4.78, 5) is 38.6. The molecule has 0 spiro atoms. The first-order valence-corrected chi connectivity index (χ1v) is 14.0. The molecule has 6 atom stereocenters. The SMILES string of the molecule is CC(=O)/C=C1/[C@@]2(C)C=C(C#N)C(=O)C(C)(C)C2CC[C@@]1(C)[C@]1(C)CC[C@@]2(C(=O)O)CCC(C)(C)CC2C1. The molecule has 4 aliphatic carbocycles. The number of carboxylic acids is 1. The summed E-state index contributed by atoms with van der Waals surface area (Å²) in [7, 11) is 0. The third-order valence-electron chi connectivity index (χ3n) is 11.9. The Hall–Kier alpha value is -2.22. The number of Topliss-reactive ketones (excluding diaryl/α,β-unsaturated/α-hetero) is 1. The quantitative estimate of drug-likeness (QED) is 0.412. The van der Waals surface area contributed by atoms with E-state index in [4.69, 9.17) is 0 Å². The summed E-state index contributed by atoms with van der Waals surface area (Å²) in [6, 6.07) is 2.16. The van der Waals surface area contributed by atoms with Gasteiger partial charge in [-0.1, -0.05) is 60.1 Å². The number of hydrogen-bond donors (Lipinski definition) is 1. The van der Waals surface area contributed by atoms with Crippen molar-refractivity contribution in [2.24, 2.45) is 44.3 Å². The number of aliphatic carboxylic acids is 1. The Balaban J connectivity index is 1.86. The highest BCUT2D eigenvalue weighted by Gasteiger charge is 2.65. The standard InChI is InChI=1S/C32H45NO4/c1-20(34)15-24-30(7)16-21(19-33)25(35)28(4,5)23(30)9-10-31(24,8)29(6)12-14-32(26(36)37)13-11-27(2,3)17-22(32)18-29/h15-16,22-23H,9-14,17-18H2,1-8H3,(H,36,37)/b24-15-/t22?,23?,29-,30+,31-,32+/m1/s1. The molecule has 5 nitrogen and oxygen atoms in total. The van der Waals surface area contributed by atoms with Gasteiger partial charge in [0.25, 0.3) is 0 Å². The van der Waals surface area contributed by atoms with Crippen LogP contribution in [-0.2, 0) is 14.4 Å². The maximum absolute atomic E-state index is 13.2. The van der Waals surface area contributed by atoms with Crippen molar-refractivity contribution in [3.05, 3.63) is 23.3 Å². The number of allylic oxidation sites excluding steroid dienone is 4. The minimum atomic E-state index is -0.703. The zero-order valence-corrected chi connectivity index (χ0v) is 24.1. The summed E-state index contributed by atoms with van der Waals surface area (Å²) in [5.74, 6) is -0.708. The molecule has 3 saturated carbocycles. The second-order valence-corrected chi connectivity index (χ2v) is 14.9. The summed E-state index contributed by atoms with van der Waals surface area (Å²) in [6.45, 7) is 16.7. The molecule has 0 aromatic carbocycles. The van der Waals surface area contributed by atoms with E-state index in [-0.39, 0.29) is 45.2 Å². The van der Waals surface area contributed by atoms with Crippen molar-refractivity contribution in [2.75, 3.05) is 0 Å². The van der Waals surface area contributed by atoms with Crippen LogP contribution >= 0.6 is 0 Å². The summed E-state index contributed by atoms with van der Waals surface area (Å²) in [5.41, 5.74) is -1.20. The Morgan fingerprint density at radius 1 is 1.00 bits per heavy atom. The number of fused-ring (bicyclic) bond motifs is 2. The van der Waals surface area contributed by atoms with E-state index < -0.39 is 22.2 Å². The van der Waals surface area contributed by atoms with Gasteiger partial charge in [-0.2, -0.15) is 5.26 Å². The van der Waals surface area contributed by atoms with Crippen molar-refractivity contribution < 1.29 is 19.5 Å². The van der Waals surface area contributed by atoms with Crippen LogP contribution in [0.2, 0.25) is 0 Å². The minimum Gasteiger partial charge on any atom is -0.481 e. The highest BCUT2D eigenvalue weighted by atomic mass is 16.4. The van der Waals surface area contributed by atoms with E-state index in [0.29, 0.717) is 6.42 Å². The molecular weight excluding hydrogens is 462 g/mol. The highest BCUT2D eigenvalue weighted by Crippen LogP contribution is 2.71. The molecule has 0 heterocycles. The maximum Gasteiger partial charge on any atom is 0.309 e. The zero-order valence-electron chi connectivity index (χ0n) is 24.1. The van der Waals surface area contributed by atoms with Crippen LogP contribution in [-0.4, -0.2) is 22.6 Å². The minimum absolute atomic E-state index is 0.0119. The van der Waals surface area contributed by atoms with E-state index in [9.17, 15) is 24.8 Å². The third kappa shape index (κ3) is 3.88. The van der Waals surface area contributed by atoms with Crippen LogP contribution in [0.3, 0.4) is 0 Å². The van der Waals surface area contributed by atoms with Crippen molar-refractivity contribution in [3.8, 4) is 6.07 Å². The van der Waals surface area contributed by atoms with Crippen LogP contribution in [0, 0.1) is 55.7 Å².